The van der Waals surface area contributed by atoms with Crippen LogP contribution in [0.5, 0.6) is 0 Å². The third-order valence-corrected chi connectivity index (χ3v) is 2.96. The van der Waals surface area contributed by atoms with Crippen LogP contribution in [0.15, 0.2) is 12.4 Å². The molecule has 0 radical (unpaired) electrons. The zero-order valence-electron chi connectivity index (χ0n) is 12.5. The van der Waals surface area contributed by atoms with Crippen molar-refractivity contribution >= 4 is 12.0 Å². The Labute approximate surface area is 119 Å². The van der Waals surface area contributed by atoms with Crippen LogP contribution in [0.1, 0.15) is 32.8 Å². The lowest BCUT2D eigenvalue weighted by molar-refractivity contribution is 0.0509. The van der Waals surface area contributed by atoms with Crippen molar-refractivity contribution in [3.63, 3.8) is 0 Å². The van der Waals surface area contributed by atoms with Crippen molar-refractivity contribution in [1.82, 2.24) is 15.3 Å². The molecule has 2 heterocycles. The third-order valence-electron chi connectivity index (χ3n) is 2.96. The van der Waals surface area contributed by atoms with Gasteiger partial charge in [-0.3, -0.25) is 0 Å². The molecule has 1 amide bonds. The van der Waals surface area contributed by atoms with Gasteiger partial charge in [-0.15, -0.1) is 0 Å². The van der Waals surface area contributed by atoms with Crippen LogP contribution < -0.4 is 10.2 Å². The van der Waals surface area contributed by atoms with Crippen molar-refractivity contribution in [3.8, 4) is 0 Å². The number of carbonyl (C=O) groups is 1. The normalized spacial score (nSPS) is 19.0. The molecule has 0 unspecified atom stereocenters. The van der Waals surface area contributed by atoms with Gasteiger partial charge in [0.15, 0.2) is 0 Å². The second kappa shape index (κ2) is 5.64. The van der Waals surface area contributed by atoms with Gasteiger partial charge < -0.3 is 15.0 Å². The summed E-state index contributed by atoms with van der Waals surface area (Å²) in [5.74, 6) is 0.712. The molecule has 1 aromatic heterocycles. The first-order valence-electron chi connectivity index (χ1n) is 6.86. The van der Waals surface area contributed by atoms with Crippen molar-refractivity contribution in [2.75, 3.05) is 18.0 Å². The standard InChI is InChI=1S/C14H22N4O2/c1-10-7-15-12(16-8-10)18-6-5-11(9-18)17-13(19)20-14(2,3)4/h7-8,11H,5-6,9H2,1-4H3,(H,17,19)/t11-/m1/s1. The molecule has 1 aliphatic heterocycles. The highest BCUT2D eigenvalue weighted by atomic mass is 16.6. The maximum atomic E-state index is 11.7. The van der Waals surface area contributed by atoms with E-state index in [4.69, 9.17) is 4.74 Å². The van der Waals surface area contributed by atoms with Gasteiger partial charge in [0.05, 0.1) is 6.04 Å². The van der Waals surface area contributed by atoms with Gasteiger partial charge in [0, 0.05) is 25.5 Å². The Hall–Kier alpha value is -1.85. The summed E-state index contributed by atoms with van der Waals surface area (Å²) in [6.45, 7) is 9.07. The molecule has 1 N–H and O–H groups in total. The minimum absolute atomic E-state index is 0.0785. The van der Waals surface area contributed by atoms with Gasteiger partial charge in [-0.25, -0.2) is 14.8 Å². The quantitative estimate of drug-likeness (QED) is 0.894. The number of ether oxygens (including phenoxy) is 1. The molecular weight excluding hydrogens is 256 g/mol. The fourth-order valence-electron chi connectivity index (χ4n) is 2.08. The largest absolute Gasteiger partial charge is 0.444 e. The Morgan fingerprint density at radius 3 is 2.65 bits per heavy atom. The van der Waals surface area contributed by atoms with Crippen LogP contribution in [0.4, 0.5) is 10.7 Å². The van der Waals surface area contributed by atoms with E-state index in [1.165, 1.54) is 0 Å². The second-order valence-corrected chi connectivity index (χ2v) is 6.14. The highest BCUT2D eigenvalue weighted by molar-refractivity contribution is 5.68. The van der Waals surface area contributed by atoms with Gasteiger partial charge in [0.1, 0.15) is 5.60 Å². The fraction of sp³-hybridized carbons (Fsp3) is 0.643. The maximum Gasteiger partial charge on any atom is 0.407 e. The molecule has 1 saturated heterocycles. The van der Waals surface area contributed by atoms with E-state index < -0.39 is 5.60 Å². The van der Waals surface area contributed by atoms with E-state index in [2.05, 4.69) is 20.2 Å². The first kappa shape index (κ1) is 14.6. The summed E-state index contributed by atoms with van der Waals surface area (Å²) < 4.78 is 5.26. The molecule has 0 aromatic carbocycles. The molecule has 1 fully saturated rings. The number of nitrogens with zero attached hydrogens (tertiary/aromatic N) is 3. The molecule has 2 rings (SSSR count). The van der Waals surface area contributed by atoms with Crippen LogP contribution in [-0.2, 0) is 4.74 Å². The Morgan fingerprint density at radius 1 is 1.40 bits per heavy atom. The molecule has 20 heavy (non-hydrogen) atoms. The van der Waals surface area contributed by atoms with E-state index in [1.807, 2.05) is 27.7 Å². The van der Waals surface area contributed by atoms with E-state index in [0.717, 1.165) is 18.5 Å². The Bertz CT molecular complexity index is 467. The monoisotopic (exact) mass is 278 g/mol. The summed E-state index contributed by atoms with van der Waals surface area (Å²) in [6.07, 6.45) is 4.11. The number of amides is 1. The Kier molecular flexibility index (Phi) is 4.11. The molecular formula is C14H22N4O2. The summed E-state index contributed by atoms with van der Waals surface area (Å²) in [5.41, 5.74) is 0.569. The van der Waals surface area contributed by atoms with Gasteiger partial charge >= 0.3 is 6.09 Å². The number of carbonyl (C=O) groups excluding carboxylic acids is 1. The topological polar surface area (TPSA) is 67.4 Å². The number of anilines is 1. The van der Waals surface area contributed by atoms with Crippen molar-refractivity contribution in [2.45, 2.75) is 45.8 Å². The summed E-state index contributed by atoms with van der Waals surface area (Å²) in [4.78, 5) is 22.4. The van der Waals surface area contributed by atoms with Gasteiger partial charge in [0.2, 0.25) is 5.95 Å². The molecule has 0 spiro atoms. The smallest absolute Gasteiger partial charge is 0.407 e. The average molecular weight is 278 g/mol. The minimum atomic E-state index is -0.470. The second-order valence-electron chi connectivity index (χ2n) is 6.14. The zero-order valence-corrected chi connectivity index (χ0v) is 12.5. The van der Waals surface area contributed by atoms with Crippen molar-refractivity contribution in [2.24, 2.45) is 0 Å². The van der Waals surface area contributed by atoms with Crippen molar-refractivity contribution in [3.05, 3.63) is 18.0 Å². The molecule has 110 valence electrons. The van der Waals surface area contributed by atoms with E-state index >= 15 is 0 Å². The Morgan fingerprint density at radius 2 is 2.05 bits per heavy atom. The first-order chi connectivity index (χ1) is 9.33. The predicted molar refractivity (Wildman–Crippen MR) is 76.8 cm³/mol. The van der Waals surface area contributed by atoms with Gasteiger partial charge in [-0.05, 0) is 39.7 Å². The van der Waals surface area contributed by atoms with Crippen LogP contribution in [-0.4, -0.2) is 40.8 Å². The summed E-state index contributed by atoms with van der Waals surface area (Å²) in [7, 11) is 0. The molecule has 0 bridgehead atoms. The molecule has 1 aliphatic rings. The summed E-state index contributed by atoms with van der Waals surface area (Å²) in [6, 6.07) is 0.0785. The fourth-order valence-corrected chi connectivity index (χ4v) is 2.08. The number of alkyl carbamates (subject to hydrolysis) is 1. The van der Waals surface area contributed by atoms with Crippen LogP contribution in [0.2, 0.25) is 0 Å². The van der Waals surface area contributed by atoms with Gasteiger partial charge in [0.25, 0.3) is 0 Å². The first-order valence-corrected chi connectivity index (χ1v) is 6.86. The van der Waals surface area contributed by atoms with Crippen LogP contribution in [0.3, 0.4) is 0 Å². The van der Waals surface area contributed by atoms with Crippen LogP contribution >= 0.6 is 0 Å². The van der Waals surface area contributed by atoms with Crippen molar-refractivity contribution in [1.29, 1.82) is 0 Å². The minimum Gasteiger partial charge on any atom is -0.444 e. The van der Waals surface area contributed by atoms with Gasteiger partial charge in [-0.2, -0.15) is 0 Å². The number of hydrogen-bond acceptors (Lipinski definition) is 5. The van der Waals surface area contributed by atoms with Crippen molar-refractivity contribution < 1.29 is 9.53 Å². The molecule has 0 aliphatic carbocycles. The highest BCUT2D eigenvalue weighted by Crippen LogP contribution is 2.16. The molecule has 0 saturated carbocycles. The molecule has 1 aromatic rings. The lowest BCUT2D eigenvalue weighted by Crippen LogP contribution is -2.40. The van der Waals surface area contributed by atoms with E-state index in [9.17, 15) is 4.79 Å². The Balaban J connectivity index is 1.86. The van der Waals surface area contributed by atoms with Crippen LogP contribution in [0, 0.1) is 6.92 Å². The zero-order chi connectivity index (χ0) is 14.8. The van der Waals surface area contributed by atoms with Gasteiger partial charge in [-0.1, -0.05) is 0 Å². The number of aromatic nitrogens is 2. The third kappa shape index (κ3) is 4.08. The van der Waals surface area contributed by atoms with Crippen LogP contribution in [0.25, 0.3) is 0 Å². The number of aryl methyl sites for hydroxylation is 1. The summed E-state index contributed by atoms with van der Waals surface area (Å²) in [5, 5.41) is 2.89. The number of hydrogen-bond donors (Lipinski definition) is 1. The average Bonchev–Trinajstić information content (AvgIpc) is 2.75. The lowest BCUT2D eigenvalue weighted by atomic mass is 10.2. The predicted octanol–water partition coefficient (Wildman–Crippen LogP) is 1.89. The lowest BCUT2D eigenvalue weighted by Gasteiger charge is -2.22. The highest BCUT2D eigenvalue weighted by Gasteiger charge is 2.27. The van der Waals surface area contributed by atoms with E-state index in [-0.39, 0.29) is 12.1 Å². The summed E-state index contributed by atoms with van der Waals surface area (Å²) >= 11 is 0. The number of nitrogens with one attached hydrogen (secondary N) is 1. The molecule has 6 heteroatoms. The molecule has 6 nitrogen and oxygen atoms in total. The number of rotatable bonds is 2. The van der Waals surface area contributed by atoms with E-state index in [0.29, 0.717) is 12.5 Å². The maximum absolute atomic E-state index is 11.7. The molecule has 1 atom stereocenters. The van der Waals surface area contributed by atoms with E-state index in [1.54, 1.807) is 12.4 Å². The SMILES string of the molecule is Cc1cnc(N2CC[C@@H](NC(=O)OC(C)(C)C)C2)nc1.